The molecule has 1 fully saturated rings. The van der Waals surface area contributed by atoms with E-state index in [2.05, 4.69) is 11.0 Å². The molecule has 0 bridgehead atoms. The van der Waals surface area contributed by atoms with E-state index in [1.54, 1.807) is 9.80 Å². The van der Waals surface area contributed by atoms with Crippen LogP contribution in [0.4, 0.5) is 10.5 Å². The molecular formula is C18H25N3O3. The normalized spacial score (nSPS) is 18.0. The fourth-order valence-corrected chi connectivity index (χ4v) is 3.10. The SMILES string of the molecule is CN1Cc2ccc(N3CCN(C(=O)OC(C)(C)C)CC3)cc2C1=O. The zero-order chi connectivity index (χ0) is 17.5. The number of piperazine rings is 1. The minimum atomic E-state index is -0.472. The van der Waals surface area contributed by atoms with Gasteiger partial charge in [-0.05, 0) is 38.5 Å². The fraction of sp³-hybridized carbons (Fsp3) is 0.556. The van der Waals surface area contributed by atoms with Crippen molar-refractivity contribution in [1.82, 2.24) is 9.80 Å². The molecule has 3 rings (SSSR count). The topological polar surface area (TPSA) is 53.1 Å². The Kier molecular flexibility index (Phi) is 4.15. The van der Waals surface area contributed by atoms with Gasteiger partial charge in [-0.2, -0.15) is 0 Å². The number of amides is 2. The number of carbonyl (C=O) groups is 2. The second kappa shape index (κ2) is 6.00. The number of benzene rings is 1. The van der Waals surface area contributed by atoms with Gasteiger partial charge in [-0.3, -0.25) is 4.79 Å². The van der Waals surface area contributed by atoms with Gasteiger partial charge in [0.05, 0.1) is 0 Å². The van der Waals surface area contributed by atoms with E-state index < -0.39 is 5.60 Å². The van der Waals surface area contributed by atoms with E-state index in [1.807, 2.05) is 40.0 Å². The molecule has 2 aliphatic rings. The van der Waals surface area contributed by atoms with Crippen LogP contribution in [-0.4, -0.2) is 60.6 Å². The number of hydrogen-bond acceptors (Lipinski definition) is 4. The maximum atomic E-state index is 12.1. The third-order valence-electron chi connectivity index (χ3n) is 4.37. The Balaban J connectivity index is 1.64. The highest BCUT2D eigenvalue weighted by atomic mass is 16.6. The van der Waals surface area contributed by atoms with Crippen molar-refractivity contribution in [3.05, 3.63) is 29.3 Å². The molecule has 0 radical (unpaired) electrons. The molecule has 0 spiro atoms. The van der Waals surface area contributed by atoms with Crippen LogP contribution in [0, 0.1) is 0 Å². The van der Waals surface area contributed by atoms with Gasteiger partial charge in [0.2, 0.25) is 0 Å². The summed E-state index contributed by atoms with van der Waals surface area (Å²) in [5.74, 6) is 0.0826. The zero-order valence-electron chi connectivity index (χ0n) is 14.8. The van der Waals surface area contributed by atoms with Crippen LogP contribution in [0.25, 0.3) is 0 Å². The van der Waals surface area contributed by atoms with Crippen LogP contribution in [-0.2, 0) is 11.3 Å². The summed E-state index contributed by atoms with van der Waals surface area (Å²) in [5, 5.41) is 0. The number of nitrogens with zero attached hydrogens (tertiary/aromatic N) is 3. The Bertz CT molecular complexity index is 658. The highest BCUT2D eigenvalue weighted by Gasteiger charge is 2.28. The molecule has 0 aromatic heterocycles. The molecule has 2 amide bonds. The van der Waals surface area contributed by atoms with Gasteiger partial charge in [0, 0.05) is 51.0 Å². The molecule has 0 unspecified atom stereocenters. The molecular weight excluding hydrogens is 306 g/mol. The van der Waals surface area contributed by atoms with Crippen LogP contribution >= 0.6 is 0 Å². The van der Waals surface area contributed by atoms with E-state index in [4.69, 9.17) is 4.74 Å². The standard InChI is InChI=1S/C18H25N3O3/c1-18(2,3)24-17(23)21-9-7-20(8-10-21)14-6-5-13-12-19(4)16(22)15(13)11-14/h5-6,11H,7-10,12H2,1-4H3. The van der Waals surface area contributed by atoms with E-state index in [0.29, 0.717) is 19.6 Å². The van der Waals surface area contributed by atoms with Crippen molar-refractivity contribution in [2.24, 2.45) is 0 Å². The van der Waals surface area contributed by atoms with Crippen LogP contribution in [0.2, 0.25) is 0 Å². The Labute approximate surface area is 143 Å². The summed E-state index contributed by atoms with van der Waals surface area (Å²) in [5.41, 5.74) is 2.45. The van der Waals surface area contributed by atoms with Crippen molar-refractivity contribution >= 4 is 17.7 Å². The number of anilines is 1. The third-order valence-corrected chi connectivity index (χ3v) is 4.37. The number of hydrogen-bond donors (Lipinski definition) is 0. The average molecular weight is 331 g/mol. The lowest BCUT2D eigenvalue weighted by atomic mass is 10.1. The van der Waals surface area contributed by atoms with E-state index >= 15 is 0 Å². The summed E-state index contributed by atoms with van der Waals surface area (Å²) in [7, 11) is 1.82. The van der Waals surface area contributed by atoms with Crippen molar-refractivity contribution in [2.75, 3.05) is 38.1 Å². The molecule has 0 N–H and O–H groups in total. The van der Waals surface area contributed by atoms with E-state index in [-0.39, 0.29) is 12.0 Å². The van der Waals surface area contributed by atoms with Crippen LogP contribution < -0.4 is 4.90 Å². The lowest BCUT2D eigenvalue weighted by Crippen LogP contribution is -2.50. The molecule has 1 aromatic carbocycles. The van der Waals surface area contributed by atoms with Crippen LogP contribution in [0.15, 0.2) is 18.2 Å². The Morgan fingerprint density at radius 3 is 2.42 bits per heavy atom. The smallest absolute Gasteiger partial charge is 0.410 e. The molecule has 0 atom stereocenters. The molecule has 0 aliphatic carbocycles. The summed E-state index contributed by atoms with van der Waals surface area (Å²) in [6.45, 7) is 9.03. The van der Waals surface area contributed by atoms with Crippen molar-refractivity contribution in [2.45, 2.75) is 32.9 Å². The van der Waals surface area contributed by atoms with E-state index in [9.17, 15) is 9.59 Å². The Morgan fingerprint density at radius 2 is 1.79 bits per heavy atom. The highest BCUT2D eigenvalue weighted by molar-refractivity contribution is 5.99. The Hall–Kier alpha value is -2.24. The van der Waals surface area contributed by atoms with Gasteiger partial charge in [-0.15, -0.1) is 0 Å². The quantitative estimate of drug-likeness (QED) is 0.792. The van der Waals surface area contributed by atoms with Gasteiger partial charge >= 0.3 is 6.09 Å². The number of ether oxygens (including phenoxy) is 1. The predicted molar refractivity (Wildman–Crippen MR) is 92.3 cm³/mol. The van der Waals surface area contributed by atoms with Crippen LogP contribution in [0.3, 0.4) is 0 Å². The van der Waals surface area contributed by atoms with Gasteiger partial charge in [0.1, 0.15) is 5.60 Å². The van der Waals surface area contributed by atoms with Crippen molar-refractivity contribution in [3.8, 4) is 0 Å². The number of fused-ring (bicyclic) bond motifs is 1. The molecule has 0 saturated carbocycles. The van der Waals surface area contributed by atoms with Gasteiger partial charge in [-0.25, -0.2) is 4.79 Å². The first kappa shape index (κ1) is 16.6. The molecule has 130 valence electrons. The fourth-order valence-electron chi connectivity index (χ4n) is 3.10. The van der Waals surface area contributed by atoms with Gasteiger partial charge < -0.3 is 19.4 Å². The minimum absolute atomic E-state index is 0.0826. The second-order valence-electron chi connectivity index (χ2n) is 7.46. The monoisotopic (exact) mass is 331 g/mol. The summed E-state index contributed by atoms with van der Waals surface area (Å²) >= 11 is 0. The van der Waals surface area contributed by atoms with Crippen molar-refractivity contribution in [3.63, 3.8) is 0 Å². The molecule has 6 nitrogen and oxygen atoms in total. The molecule has 1 saturated heterocycles. The molecule has 1 aromatic rings. The molecule has 24 heavy (non-hydrogen) atoms. The highest BCUT2D eigenvalue weighted by Crippen LogP contribution is 2.27. The first-order valence-corrected chi connectivity index (χ1v) is 8.36. The predicted octanol–water partition coefficient (Wildman–Crippen LogP) is 2.33. The first-order valence-electron chi connectivity index (χ1n) is 8.36. The van der Waals surface area contributed by atoms with Gasteiger partial charge in [0.25, 0.3) is 5.91 Å². The summed E-state index contributed by atoms with van der Waals surface area (Å²) < 4.78 is 5.42. The molecule has 6 heteroatoms. The van der Waals surface area contributed by atoms with Crippen LogP contribution in [0.5, 0.6) is 0 Å². The van der Waals surface area contributed by atoms with E-state index in [0.717, 1.165) is 29.9 Å². The number of rotatable bonds is 1. The van der Waals surface area contributed by atoms with Gasteiger partial charge in [0.15, 0.2) is 0 Å². The summed E-state index contributed by atoms with van der Waals surface area (Å²) in [6, 6.07) is 6.07. The average Bonchev–Trinajstić information content (AvgIpc) is 2.80. The van der Waals surface area contributed by atoms with Crippen LogP contribution in [0.1, 0.15) is 36.7 Å². The lowest BCUT2D eigenvalue weighted by molar-refractivity contribution is 0.0240. The maximum Gasteiger partial charge on any atom is 0.410 e. The molecule has 2 heterocycles. The second-order valence-corrected chi connectivity index (χ2v) is 7.46. The van der Waals surface area contributed by atoms with Gasteiger partial charge in [-0.1, -0.05) is 6.07 Å². The first-order chi connectivity index (χ1) is 11.2. The molecule has 2 aliphatic heterocycles. The Morgan fingerprint density at radius 1 is 1.12 bits per heavy atom. The third kappa shape index (κ3) is 3.32. The maximum absolute atomic E-state index is 12.1. The summed E-state index contributed by atoms with van der Waals surface area (Å²) in [4.78, 5) is 30.0. The van der Waals surface area contributed by atoms with E-state index in [1.165, 1.54) is 0 Å². The minimum Gasteiger partial charge on any atom is -0.444 e. The van der Waals surface area contributed by atoms with Crippen molar-refractivity contribution in [1.29, 1.82) is 0 Å². The number of carbonyl (C=O) groups excluding carboxylic acids is 2. The lowest BCUT2D eigenvalue weighted by Gasteiger charge is -2.36. The summed E-state index contributed by atoms with van der Waals surface area (Å²) in [6.07, 6.45) is -0.257. The van der Waals surface area contributed by atoms with Crippen molar-refractivity contribution < 1.29 is 14.3 Å². The zero-order valence-corrected chi connectivity index (χ0v) is 14.8. The largest absolute Gasteiger partial charge is 0.444 e.